The summed E-state index contributed by atoms with van der Waals surface area (Å²) in [6.07, 6.45) is 2.47. The molecule has 2 rings (SSSR count). The third-order valence-electron chi connectivity index (χ3n) is 3.49. The number of carbonyl (C=O) groups is 1. The number of halogens is 1. The number of nitrogens with zero attached hydrogens (tertiary/aromatic N) is 1. The first-order chi connectivity index (χ1) is 9.21. The second-order valence-electron chi connectivity index (χ2n) is 5.03. The van der Waals surface area contributed by atoms with E-state index in [4.69, 9.17) is 11.6 Å². The monoisotopic (exact) mass is 317 g/mol. The predicted octanol–water partition coefficient (Wildman–Crippen LogP) is 2.11. The van der Waals surface area contributed by atoms with Crippen LogP contribution in [0.5, 0.6) is 0 Å². The van der Waals surface area contributed by atoms with Gasteiger partial charge in [-0.3, -0.25) is 0 Å². The lowest BCUT2D eigenvalue weighted by molar-refractivity contribution is -0.138. The van der Waals surface area contributed by atoms with Crippen LogP contribution < -0.4 is 4.90 Å². The molecule has 0 radical (unpaired) electrons. The molecule has 1 fully saturated rings. The maximum absolute atomic E-state index is 11.6. The molecule has 1 N–H and O–H groups in total. The Morgan fingerprint density at radius 1 is 1.45 bits per heavy atom. The topological polar surface area (TPSA) is 74.7 Å². The van der Waals surface area contributed by atoms with Gasteiger partial charge in [-0.1, -0.05) is 11.6 Å². The number of aliphatic carboxylic acids is 1. The van der Waals surface area contributed by atoms with E-state index in [1.807, 2.05) is 0 Å². The summed E-state index contributed by atoms with van der Waals surface area (Å²) in [4.78, 5) is 13.1. The number of hydrogen-bond donors (Lipinski definition) is 1. The Morgan fingerprint density at radius 2 is 2.10 bits per heavy atom. The third kappa shape index (κ3) is 2.76. The number of hydrogen-bond acceptors (Lipinski definition) is 4. The highest BCUT2D eigenvalue weighted by Crippen LogP contribution is 2.35. The molecule has 110 valence electrons. The highest BCUT2D eigenvalue weighted by atomic mass is 35.5. The number of anilines is 1. The lowest BCUT2D eigenvalue weighted by Crippen LogP contribution is -2.36. The lowest BCUT2D eigenvalue weighted by atomic mass is 10.1. The van der Waals surface area contributed by atoms with Crippen molar-refractivity contribution in [1.29, 1.82) is 0 Å². The van der Waals surface area contributed by atoms with Crippen molar-refractivity contribution >= 4 is 33.1 Å². The normalized spacial score (nSPS) is 19.4. The fourth-order valence-electron chi connectivity index (χ4n) is 2.58. The zero-order valence-corrected chi connectivity index (χ0v) is 12.8. The van der Waals surface area contributed by atoms with Gasteiger partial charge >= 0.3 is 5.97 Å². The summed E-state index contributed by atoms with van der Waals surface area (Å²) in [6, 6.07) is 2.45. The Balaban J connectivity index is 2.49. The quantitative estimate of drug-likeness (QED) is 0.924. The SMILES string of the molecule is Cc1cc(N2CCCC2C(=O)O)c(Cl)cc1S(C)(=O)=O. The maximum Gasteiger partial charge on any atom is 0.326 e. The van der Waals surface area contributed by atoms with Crippen molar-refractivity contribution in [1.82, 2.24) is 0 Å². The van der Waals surface area contributed by atoms with Gasteiger partial charge in [0, 0.05) is 12.8 Å². The van der Waals surface area contributed by atoms with Crippen LogP contribution in [0.15, 0.2) is 17.0 Å². The fraction of sp³-hybridized carbons (Fsp3) is 0.462. The smallest absolute Gasteiger partial charge is 0.326 e. The highest BCUT2D eigenvalue weighted by Gasteiger charge is 2.32. The largest absolute Gasteiger partial charge is 0.480 e. The first-order valence-electron chi connectivity index (χ1n) is 6.21. The van der Waals surface area contributed by atoms with E-state index >= 15 is 0 Å². The molecular weight excluding hydrogens is 302 g/mol. The summed E-state index contributed by atoms with van der Waals surface area (Å²) in [5.74, 6) is -0.886. The predicted molar refractivity (Wildman–Crippen MR) is 77.3 cm³/mol. The van der Waals surface area contributed by atoms with Gasteiger partial charge in [0.25, 0.3) is 0 Å². The van der Waals surface area contributed by atoms with Gasteiger partial charge in [0.05, 0.1) is 15.6 Å². The minimum Gasteiger partial charge on any atom is -0.480 e. The molecule has 0 aromatic heterocycles. The summed E-state index contributed by atoms with van der Waals surface area (Å²) in [7, 11) is -3.35. The molecule has 1 atom stereocenters. The molecule has 0 bridgehead atoms. The van der Waals surface area contributed by atoms with Crippen LogP contribution in [0.2, 0.25) is 5.02 Å². The van der Waals surface area contributed by atoms with Gasteiger partial charge in [-0.05, 0) is 37.5 Å². The molecule has 0 aliphatic carbocycles. The van der Waals surface area contributed by atoms with E-state index in [9.17, 15) is 18.3 Å². The van der Waals surface area contributed by atoms with Gasteiger partial charge in [-0.15, -0.1) is 0 Å². The maximum atomic E-state index is 11.6. The Labute approximate surface area is 123 Å². The van der Waals surface area contributed by atoms with E-state index < -0.39 is 21.8 Å². The number of benzene rings is 1. The molecule has 1 heterocycles. The summed E-state index contributed by atoms with van der Waals surface area (Å²) in [6.45, 7) is 2.29. The van der Waals surface area contributed by atoms with Crippen LogP contribution in [-0.4, -0.2) is 38.3 Å². The summed E-state index contributed by atoms with van der Waals surface area (Å²) < 4.78 is 23.3. The number of carboxylic acids is 1. The molecule has 1 aliphatic rings. The molecular formula is C13H16ClNO4S. The van der Waals surface area contributed by atoms with Crippen LogP contribution in [0.25, 0.3) is 0 Å². The van der Waals surface area contributed by atoms with Crippen LogP contribution in [0.3, 0.4) is 0 Å². The Kier molecular flexibility index (Phi) is 3.97. The second kappa shape index (κ2) is 5.26. The van der Waals surface area contributed by atoms with Crippen molar-refractivity contribution in [2.75, 3.05) is 17.7 Å². The molecule has 20 heavy (non-hydrogen) atoms. The Bertz CT molecular complexity index is 657. The number of sulfone groups is 1. The first kappa shape index (κ1) is 15.1. The van der Waals surface area contributed by atoms with Gasteiger partial charge in [-0.2, -0.15) is 0 Å². The van der Waals surface area contributed by atoms with Gasteiger partial charge in [0.15, 0.2) is 9.84 Å². The zero-order valence-electron chi connectivity index (χ0n) is 11.3. The van der Waals surface area contributed by atoms with Crippen molar-refractivity contribution in [3.63, 3.8) is 0 Å². The standard InChI is InChI=1S/C13H16ClNO4S/c1-8-6-11(9(14)7-12(8)20(2,18)19)15-5-3-4-10(15)13(16)17/h6-7,10H,3-5H2,1-2H3,(H,16,17). The fourth-order valence-corrected chi connectivity index (χ4v) is 3.89. The molecule has 1 aromatic carbocycles. The van der Waals surface area contributed by atoms with E-state index in [0.717, 1.165) is 12.7 Å². The van der Waals surface area contributed by atoms with E-state index in [2.05, 4.69) is 0 Å². The van der Waals surface area contributed by atoms with E-state index in [-0.39, 0.29) is 9.92 Å². The van der Waals surface area contributed by atoms with Crippen LogP contribution in [0, 0.1) is 6.92 Å². The number of aryl methyl sites for hydroxylation is 1. The average Bonchev–Trinajstić information content (AvgIpc) is 2.79. The van der Waals surface area contributed by atoms with Gasteiger partial charge in [0.2, 0.25) is 0 Å². The highest BCUT2D eigenvalue weighted by molar-refractivity contribution is 7.90. The minimum atomic E-state index is -3.35. The van der Waals surface area contributed by atoms with Crippen LogP contribution in [-0.2, 0) is 14.6 Å². The average molecular weight is 318 g/mol. The molecule has 1 aliphatic heterocycles. The Morgan fingerprint density at radius 3 is 2.65 bits per heavy atom. The second-order valence-corrected chi connectivity index (χ2v) is 7.42. The summed E-state index contributed by atoms with van der Waals surface area (Å²) in [5.41, 5.74) is 1.16. The van der Waals surface area contributed by atoms with Crippen molar-refractivity contribution in [2.45, 2.75) is 30.7 Å². The molecule has 1 saturated heterocycles. The summed E-state index contributed by atoms with van der Waals surface area (Å²) in [5, 5.41) is 9.48. The molecule has 0 amide bonds. The first-order valence-corrected chi connectivity index (χ1v) is 8.48. The van der Waals surface area contributed by atoms with Gasteiger partial charge in [-0.25, -0.2) is 13.2 Å². The van der Waals surface area contributed by atoms with Crippen molar-refractivity contribution < 1.29 is 18.3 Å². The zero-order chi connectivity index (χ0) is 15.1. The molecule has 7 heteroatoms. The lowest BCUT2D eigenvalue weighted by Gasteiger charge is -2.25. The van der Waals surface area contributed by atoms with Crippen LogP contribution in [0.4, 0.5) is 5.69 Å². The molecule has 1 aromatic rings. The minimum absolute atomic E-state index is 0.178. The van der Waals surface area contributed by atoms with E-state index in [1.54, 1.807) is 17.9 Å². The third-order valence-corrected chi connectivity index (χ3v) is 5.03. The van der Waals surface area contributed by atoms with Crippen molar-refractivity contribution in [2.24, 2.45) is 0 Å². The summed E-state index contributed by atoms with van der Waals surface area (Å²) >= 11 is 6.16. The van der Waals surface area contributed by atoms with Crippen molar-refractivity contribution in [3.8, 4) is 0 Å². The van der Waals surface area contributed by atoms with Gasteiger partial charge in [0.1, 0.15) is 6.04 Å². The van der Waals surface area contributed by atoms with Crippen molar-refractivity contribution in [3.05, 3.63) is 22.7 Å². The van der Waals surface area contributed by atoms with Gasteiger partial charge < -0.3 is 10.0 Å². The molecule has 0 saturated carbocycles. The molecule has 5 nitrogen and oxygen atoms in total. The molecule has 1 unspecified atom stereocenters. The van der Waals surface area contributed by atoms with Crippen LogP contribution in [0.1, 0.15) is 18.4 Å². The van der Waals surface area contributed by atoms with E-state index in [0.29, 0.717) is 24.2 Å². The number of carboxylic acid groups (broad SMARTS) is 1. The van der Waals surface area contributed by atoms with Crippen LogP contribution >= 0.6 is 11.6 Å². The molecule has 0 spiro atoms. The van der Waals surface area contributed by atoms with E-state index in [1.165, 1.54) is 6.07 Å². The Hall–Kier alpha value is -1.27. The number of rotatable bonds is 3.